The van der Waals surface area contributed by atoms with E-state index in [1.165, 1.54) is 6.92 Å². The highest BCUT2D eigenvalue weighted by atomic mass is 16.5. The van der Waals surface area contributed by atoms with Crippen LogP contribution in [0.1, 0.15) is 13.8 Å². The summed E-state index contributed by atoms with van der Waals surface area (Å²) >= 11 is 0. The molecule has 1 aliphatic rings. The van der Waals surface area contributed by atoms with Crippen molar-refractivity contribution >= 4 is 23.2 Å². The molecule has 2 amide bonds. The number of rotatable bonds is 4. The van der Waals surface area contributed by atoms with Gasteiger partial charge in [-0.2, -0.15) is 0 Å². The number of amides is 2. The zero-order chi connectivity index (χ0) is 15.4. The van der Waals surface area contributed by atoms with Gasteiger partial charge in [-0.1, -0.05) is 6.92 Å². The first-order chi connectivity index (χ1) is 10.0. The molecule has 0 bridgehead atoms. The van der Waals surface area contributed by atoms with Crippen LogP contribution in [0.25, 0.3) is 0 Å². The van der Waals surface area contributed by atoms with E-state index in [-0.39, 0.29) is 17.7 Å². The number of methoxy groups -OCH3 is 1. The minimum atomic E-state index is -0.161. The highest BCUT2D eigenvalue weighted by Crippen LogP contribution is 2.29. The lowest BCUT2D eigenvalue weighted by Gasteiger charge is -2.17. The highest BCUT2D eigenvalue weighted by Gasteiger charge is 2.29. The molecule has 114 valence electrons. The van der Waals surface area contributed by atoms with Gasteiger partial charge >= 0.3 is 0 Å². The molecule has 0 unspecified atom stereocenters. The molecule has 0 aromatic heterocycles. The second-order valence-electron chi connectivity index (χ2n) is 5.33. The van der Waals surface area contributed by atoms with Crippen LogP contribution in [0.4, 0.5) is 11.4 Å². The Morgan fingerprint density at radius 3 is 2.62 bits per heavy atom. The van der Waals surface area contributed by atoms with Gasteiger partial charge in [-0.05, 0) is 30.7 Å². The van der Waals surface area contributed by atoms with Gasteiger partial charge in [0.25, 0.3) is 0 Å². The van der Waals surface area contributed by atoms with Gasteiger partial charge in [-0.15, -0.1) is 0 Å². The molecule has 1 fully saturated rings. The van der Waals surface area contributed by atoms with Crippen LogP contribution in [0.15, 0.2) is 18.2 Å². The van der Waals surface area contributed by atoms with Gasteiger partial charge in [-0.3, -0.25) is 9.59 Å². The maximum atomic E-state index is 12.3. The van der Waals surface area contributed by atoms with E-state index in [1.807, 2.05) is 0 Å². The van der Waals surface area contributed by atoms with Gasteiger partial charge in [-0.25, -0.2) is 0 Å². The Bertz CT molecular complexity index is 545. The fourth-order valence-electron chi connectivity index (χ4n) is 2.47. The largest absolute Gasteiger partial charge is 0.495 e. The number of hydrogen-bond acceptors (Lipinski definition) is 4. The maximum absolute atomic E-state index is 12.3. The molecule has 3 N–H and O–H groups in total. The van der Waals surface area contributed by atoms with E-state index in [2.05, 4.69) is 22.9 Å². The molecule has 0 saturated carbocycles. The zero-order valence-corrected chi connectivity index (χ0v) is 12.5. The van der Waals surface area contributed by atoms with Crippen LogP contribution in [-0.2, 0) is 9.59 Å². The summed E-state index contributed by atoms with van der Waals surface area (Å²) in [6.45, 7) is 5.02. The van der Waals surface area contributed by atoms with Crippen LogP contribution in [0.5, 0.6) is 5.75 Å². The summed E-state index contributed by atoms with van der Waals surface area (Å²) in [7, 11) is 1.54. The summed E-state index contributed by atoms with van der Waals surface area (Å²) in [6.07, 6.45) is 0. The Balaban J connectivity index is 2.16. The molecule has 0 radical (unpaired) electrons. The fraction of sp³-hybridized carbons (Fsp3) is 0.467. The van der Waals surface area contributed by atoms with Crippen LogP contribution in [-0.4, -0.2) is 32.0 Å². The van der Waals surface area contributed by atoms with Gasteiger partial charge in [0, 0.05) is 19.2 Å². The molecule has 1 saturated heterocycles. The van der Waals surface area contributed by atoms with E-state index in [4.69, 9.17) is 4.74 Å². The fourth-order valence-corrected chi connectivity index (χ4v) is 2.47. The summed E-state index contributed by atoms with van der Waals surface area (Å²) in [6, 6.07) is 5.15. The number of nitrogens with one attached hydrogen (secondary N) is 3. The summed E-state index contributed by atoms with van der Waals surface area (Å²) in [5.41, 5.74) is 1.18. The Morgan fingerprint density at radius 2 is 2.05 bits per heavy atom. The quantitative estimate of drug-likeness (QED) is 0.784. The van der Waals surface area contributed by atoms with Crippen LogP contribution in [0.3, 0.4) is 0 Å². The lowest BCUT2D eigenvalue weighted by molar-refractivity contribution is -0.120. The van der Waals surface area contributed by atoms with Crippen LogP contribution >= 0.6 is 0 Å². The minimum Gasteiger partial charge on any atom is -0.495 e. The third-order valence-electron chi connectivity index (χ3n) is 3.63. The molecule has 0 aliphatic carbocycles. The average Bonchev–Trinajstić information content (AvgIpc) is 2.84. The number of benzene rings is 1. The third-order valence-corrected chi connectivity index (χ3v) is 3.63. The van der Waals surface area contributed by atoms with E-state index in [9.17, 15) is 9.59 Å². The van der Waals surface area contributed by atoms with Gasteiger partial charge in [0.05, 0.1) is 18.7 Å². The van der Waals surface area contributed by atoms with Crippen molar-refractivity contribution in [1.29, 1.82) is 0 Å². The summed E-state index contributed by atoms with van der Waals surface area (Å²) in [4.78, 5) is 23.4. The molecule has 1 aromatic rings. The van der Waals surface area contributed by atoms with Crippen molar-refractivity contribution in [2.45, 2.75) is 13.8 Å². The van der Waals surface area contributed by atoms with Crippen LogP contribution < -0.4 is 20.7 Å². The summed E-state index contributed by atoms with van der Waals surface area (Å²) < 4.78 is 5.25. The van der Waals surface area contributed by atoms with E-state index in [1.54, 1.807) is 25.3 Å². The Hall–Kier alpha value is -2.08. The Labute approximate surface area is 124 Å². The first-order valence-electron chi connectivity index (χ1n) is 6.98. The maximum Gasteiger partial charge on any atom is 0.229 e. The predicted octanol–water partition coefficient (Wildman–Crippen LogP) is 1.45. The summed E-state index contributed by atoms with van der Waals surface area (Å²) in [5.74, 6) is 0.613. The van der Waals surface area contributed by atoms with Crippen molar-refractivity contribution in [2.24, 2.45) is 11.8 Å². The molecule has 6 nitrogen and oxygen atoms in total. The van der Waals surface area contributed by atoms with Crippen molar-refractivity contribution in [1.82, 2.24) is 5.32 Å². The molecule has 2 rings (SSSR count). The van der Waals surface area contributed by atoms with Crippen molar-refractivity contribution in [2.75, 3.05) is 30.8 Å². The van der Waals surface area contributed by atoms with Crippen molar-refractivity contribution in [3.8, 4) is 5.75 Å². The molecule has 1 aromatic carbocycles. The normalized spacial score (nSPS) is 20.9. The van der Waals surface area contributed by atoms with Crippen molar-refractivity contribution < 1.29 is 14.3 Å². The smallest absolute Gasteiger partial charge is 0.229 e. The first kappa shape index (κ1) is 15.3. The number of hydrogen-bond donors (Lipinski definition) is 3. The molecular formula is C15H21N3O3. The van der Waals surface area contributed by atoms with Crippen molar-refractivity contribution in [3.05, 3.63) is 18.2 Å². The highest BCUT2D eigenvalue weighted by molar-refractivity contribution is 5.96. The second-order valence-corrected chi connectivity index (χ2v) is 5.33. The number of ether oxygens (including phenoxy) is 1. The van der Waals surface area contributed by atoms with Gasteiger partial charge in [0.2, 0.25) is 11.8 Å². The number of anilines is 2. The average molecular weight is 291 g/mol. The van der Waals surface area contributed by atoms with E-state index >= 15 is 0 Å². The first-order valence-corrected chi connectivity index (χ1v) is 6.98. The molecule has 6 heteroatoms. The molecule has 1 aliphatic heterocycles. The zero-order valence-electron chi connectivity index (χ0n) is 12.5. The number of carbonyl (C=O) groups is 2. The number of carbonyl (C=O) groups excluding carboxylic acids is 2. The molecular weight excluding hydrogens is 270 g/mol. The Kier molecular flexibility index (Phi) is 4.80. The van der Waals surface area contributed by atoms with Crippen molar-refractivity contribution in [3.63, 3.8) is 0 Å². The van der Waals surface area contributed by atoms with Crippen LogP contribution in [0.2, 0.25) is 0 Å². The predicted molar refractivity (Wildman–Crippen MR) is 81.5 cm³/mol. The second kappa shape index (κ2) is 6.58. The van der Waals surface area contributed by atoms with E-state index in [0.29, 0.717) is 29.6 Å². The lowest BCUT2D eigenvalue weighted by Crippen LogP contribution is -2.28. The summed E-state index contributed by atoms with van der Waals surface area (Å²) in [5, 5.41) is 8.79. The SMILES string of the molecule is COc1ccc(NC(C)=O)cc1NC(=O)[C@@H]1CNC[C@H]1C. The van der Waals surface area contributed by atoms with Gasteiger partial charge < -0.3 is 20.7 Å². The van der Waals surface area contributed by atoms with Crippen LogP contribution in [0, 0.1) is 11.8 Å². The molecule has 1 heterocycles. The monoisotopic (exact) mass is 291 g/mol. The molecule has 21 heavy (non-hydrogen) atoms. The Morgan fingerprint density at radius 1 is 1.29 bits per heavy atom. The molecule has 2 atom stereocenters. The molecule has 0 spiro atoms. The standard InChI is InChI=1S/C15H21N3O3/c1-9-7-16-8-12(9)15(20)18-13-6-11(17-10(2)19)4-5-14(13)21-3/h4-6,9,12,16H,7-8H2,1-3H3,(H,17,19)(H,18,20)/t9-,12-/m1/s1. The third kappa shape index (κ3) is 3.72. The van der Waals surface area contributed by atoms with Gasteiger partial charge in [0.15, 0.2) is 0 Å². The minimum absolute atomic E-state index is 0.0363. The van der Waals surface area contributed by atoms with E-state index in [0.717, 1.165) is 6.54 Å². The van der Waals surface area contributed by atoms with E-state index < -0.39 is 0 Å². The van der Waals surface area contributed by atoms with Gasteiger partial charge in [0.1, 0.15) is 5.75 Å². The topological polar surface area (TPSA) is 79.5 Å². The lowest BCUT2D eigenvalue weighted by atomic mass is 9.97.